The molecule has 1 aromatic rings. The molecule has 0 aromatic heterocycles. The van der Waals surface area contributed by atoms with Crippen molar-refractivity contribution in [2.75, 3.05) is 33.1 Å². The monoisotopic (exact) mass is 473 g/mol. The van der Waals surface area contributed by atoms with Gasteiger partial charge in [-0.3, -0.25) is 9.08 Å². The van der Waals surface area contributed by atoms with Gasteiger partial charge < -0.3 is 9.47 Å². The van der Waals surface area contributed by atoms with Crippen LogP contribution < -0.4 is 4.74 Å². The largest absolute Gasteiger partial charge is 0.486 e. The molecule has 4 saturated carbocycles. The lowest BCUT2D eigenvalue weighted by Crippen LogP contribution is -2.81. The summed E-state index contributed by atoms with van der Waals surface area (Å²) in [7, 11) is -1.72. The maximum absolute atomic E-state index is 12.0. The number of hydrogen-bond acceptors (Lipinski definition) is 6. The van der Waals surface area contributed by atoms with Crippen LogP contribution in [0.4, 0.5) is 0 Å². The van der Waals surface area contributed by atoms with Crippen molar-refractivity contribution in [2.24, 2.45) is 17.3 Å². The van der Waals surface area contributed by atoms with Crippen molar-refractivity contribution in [3.05, 3.63) is 28.8 Å². The van der Waals surface area contributed by atoms with E-state index in [4.69, 9.17) is 13.7 Å². The average molecular weight is 474 g/mol. The molecule has 5 fully saturated rings. The molecule has 0 radical (unpaired) electrons. The van der Waals surface area contributed by atoms with Crippen LogP contribution >= 0.6 is 0 Å². The van der Waals surface area contributed by atoms with Gasteiger partial charge in [0.2, 0.25) is 0 Å². The number of methoxy groups -OCH3 is 1. The molecule has 6 nitrogen and oxygen atoms in total. The van der Waals surface area contributed by atoms with Gasteiger partial charge in [0, 0.05) is 42.0 Å². The Morgan fingerprint density at radius 1 is 1.21 bits per heavy atom. The zero-order valence-corrected chi connectivity index (χ0v) is 20.7. The van der Waals surface area contributed by atoms with Gasteiger partial charge in [0.05, 0.1) is 12.9 Å². The van der Waals surface area contributed by atoms with Gasteiger partial charge >= 0.3 is 0 Å². The van der Waals surface area contributed by atoms with Crippen LogP contribution in [-0.2, 0) is 30.9 Å². The molecule has 2 heterocycles. The van der Waals surface area contributed by atoms with Crippen LogP contribution in [0.3, 0.4) is 0 Å². The Bertz CT molecular complexity index is 1130. The molecule has 33 heavy (non-hydrogen) atoms. The average Bonchev–Trinajstić information content (AvgIpc) is 3.52. The Labute approximate surface area is 197 Å². The molecule has 8 rings (SSSR count). The molecule has 2 spiro atoms. The number of nitrogens with zero attached hydrogens (tertiary/aromatic N) is 1. The third-order valence-electron chi connectivity index (χ3n) is 10.5. The van der Waals surface area contributed by atoms with Crippen LogP contribution in [0.15, 0.2) is 12.1 Å². The fraction of sp³-hybridized carbons (Fsp3) is 0.769. The molecule has 7 aliphatic rings. The number of likely N-dealkylation sites (tertiary alicyclic amines) is 1. The Morgan fingerprint density at radius 2 is 2.03 bits per heavy atom. The summed E-state index contributed by atoms with van der Waals surface area (Å²) in [5.74, 6) is 1.95. The first kappa shape index (κ1) is 21.2. The molecular weight excluding hydrogens is 438 g/mol. The minimum atomic E-state index is -3.52. The van der Waals surface area contributed by atoms with Crippen LogP contribution in [0.25, 0.3) is 0 Å². The lowest BCUT2D eigenvalue weighted by Gasteiger charge is -2.74. The van der Waals surface area contributed by atoms with E-state index in [0.717, 1.165) is 56.6 Å². The van der Waals surface area contributed by atoms with Crippen LogP contribution in [0, 0.1) is 24.2 Å². The standard InChI is InChI=1S/C26H35NO5S/c1-16-4-7-18-12-20-24-8-9-26(30-2,19(13-24)15-31-33(3,28)29)23-25(24,21(18)22(16)32-23)10-11-27(20)14-17-5-6-17/h4,7,17,19-20,23H,5-6,8-15H2,1-3H3/t19?,20-,23?,24-,25+,26?/m1/s1. The highest BCUT2D eigenvalue weighted by Gasteiger charge is 2.80. The third kappa shape index (κ3) is 2.52. The van der Waals surface area contributed by atoms with E-state index in [1.54, 1.807) is 7.11 Å². The summed E-state index contributed by atoms with van der Waals surface area (Å²) in [6.07, 6.45) is 8.97. The van der Waals surface area contributed by atoms with Gasteiger partial charge in [-0.2, -0.15) is 8.42 Å². The number of aryl methyl sites for hydroxylation is 1. The minimum Gasteiger partial charge on any atom is -0.486 e. The summed E-state index contributed by atoms with van der Waals surface area (Å²) in [6, 6.07) is 5.07. The molecule has 0 amide bonds. The number of fused-ring (bicyclic) bond motifs is 2. The number of hydrogen-bond donors (Lipinski definition) is 0. The van der Waals surface area contributed by atoms with E-state index in [1.807, 2.05) is 0 Å². The zero-order chi connectivity index (χ0) is 22.8. The van der Waals surface area contributed by atoms with Gasteiger partial charge in [-0.05, 0) is 75.5 Å². The molecule has 7 heteroatoms. The van der Waals surface area contributed by atoms with Gasteiger partial charge in [-0.1, -0.05) is 12.1 Å². The van der Waals surface area contributed by atoms with E-state index in [0.29, 0.717) is 6.04 Å². The third-order valence-corrected chi connectivity index (χ3v) is 11.1. The lowest BCUT2D eigenvalue weighted by atomic mass is 9.35. The molecule has 5 aliphatic carbocycles. The van der Waals surface area contributed by atoms with E-state index in [-0.39, 0.29) is 29.5 Å². The molecule has 2 aliphatic heterocycles. The molecule has 1 saturated heterocycles. The molecule has 4 bridgehead atoms. The highest BCUT2D eigenvalue weighted by molar-refractivity contribution is 7.85. The van der Waals surface area contributed by atoms with Crippen molar-refractivity contribution < 1.29 is 22.1 Å². The Balaban J connectivity index is 1.41. The van der Waals surface area contributed by atoms with Crippen LogP contribution in [0.5, 0.6) is 5.75 Å². The maximum Gasteiger partial charge on any atom is 0.264 e. The molecular formula is C26H35NO5S. The van der Waals surface area contributed by atoms with E-state index < -0.39 is 15.7 Å². The second-order valence-corrected chi connectivity index (χ2v) is 13.5. The maximum atomic E-state index is 12.0. The van der Waals surface area contributed by atoms with Crippen molar-refractivity contribution in [3.8, 4) is 5.75 Å². The van der Waals surface area contributed by atoms with Crippen molar-refractivity contribution >= 4 is 10.1 Å². The van der Waals surface area contributed by atoms with Crippen molar-refractivity contribution in [2.45, 2.75) is 75.0 Å². The first-order valence-corrected chi connectivity index (χ1v) is 14.5. The van der Waals surface area contributed by atoms with Gasteiger partial charge in [-0.25, -0.2) is 0 Å². The van der Waals surface area contributed by atoms with Crippen LogP contribution in [0.2, 0.25) is 0 Å². The van der Waals surface area contributed by atoms with Gasteiger partial charge in [-0.15, -0.1) is 0 Å². The number of rotatable bonds is 6. The number of ether oxygens (including phenoxy) is 2. The smallest absolute Gasteiger partial charge is 0.264 e. The van der Waals surface area contributed by atoms with Crippen molar-refractivity contribution in [3.63, 3.8) is 0 Å². The van der Waals surface area contributed by atoms with E-state index >= 15 is 0 Å². The molecule has 0 N–H and O–H groups in total. The van der Waals surface area contributed by atoms with Gasteiger partial charge in [0.15, 0.2) is 0 Å². The van der Waals surface area contributed by atoms with E-state index in [2.05, 4.69) is 24.0 Å². The van der Waals surface area contributed by atoms with E-state index in [1.165, 1.54) is 36.1 Å². The second kappa shape index (κ2) is 6.54. The van der Waals surface area contributed by atoms with Gasteiger partial charge in [0.25, 0.3) is 10.1 Å². The molecule has 180 valence electrons. The second-order valence-electron chi connectivity index (χ2n) is 11.8. The predicted octanol–water partition coefficient (Wildman–Crippen LogP) is 3.20. The highest BCUT2D eigenvalue weighted by atomic mass is 32.2. The van der Waals surface area contributed by atoms with Crippen LogP contribution in [-0.4, -0.2) is 64.1 Å². The van der Waals surface area contributed by atoms with Crippen molar-refractivity contribution in [1.82, 2.24) is 4.90 Å². The SMILES string of the molecule is COC12CC[C@@]3(CC1COS(C)(=O)=O)[C@H]1Cc4ccc(C)c5c4[C@@]3(CCN1CC1CC1)C2O5. The predicted molar refractivity (Wildman–Crippen MR) is 124 cm³/mol. The summed E-state index contributed by atoms with van der Waals surface area (Å²) >= 11 is 0. The number of piperidine rings is 1. The number of benzene rings is 1. The van der Waals surface area contributed by atoms with E-state index in [9.17, 15) is 8.42 Å². The normalized spacial score (nSPS) is 42.8. The minimum absolute atomic E-state index is 0.00337. The Kier molecular flexibility index (Phi) is 4.19. The molecule has 3 unspecified atom stereocenters. The Morgan fingerprint density at radius 3 is 2.76 bits per heavy atom. The van der Waals surface area contributed by atoms with Crippen molar-refractivity contribution in [1.29, 1.82) is 0 Å². The van der Waals surface area contributed by atoms with Crippen LogP contribution in [0.1, 0.15) is 55.2 Å². The first-order valence-electron chi connectivity index (χ1n) is 12.7. The highest BCUT2D eigenvalue weighted by Crippen LogP contribution is 2.76. The van der Waals surface area contributed by atoms with Gasteiger partial charge in [0.1, 0.15) is 17.5 Å². The summed E-state index contributed by atoms with van der Waals surface area (Å²) in [4.78, 5) is 2.81. The summed E-state index contributed by atoms with van der Waals surface area (Å²) < 4.78 is 42.7. The summed E-state index contributed by atoms with van der Waals surface area (Å²) in [6.45, 7) is 4.68. The fourth-order valence-corrected chi connectivity index (χ4v) is 9.51. The summed E-state index contributed by atoms with van der Waals surface area (Å²) in [5, 5.41) is 0. The fourth-order valence-electron chi connectivity index (χ4n) is 9.10. The quantitative estimate of drug-likeness (QED) is 0.592. The summed E-state index contributed by atoms with van der Waals surface area (Å²) in [5.41, 5.74) is 3.68. The Hall–Kier alpha value is -1.15. The lowest BCUT2D eigenvalue weighted by molar-refractivity contribution is -0.280. The zero-order valence-electron chi connectivity index (χ0n) is 19.9. The topological polar surface area (TPSA) is 65.1 Å². The first-order chi connectivity index (χ1) is 15.7. The molecule has 1 aromatic carbocycles. The molecule has 6 atom stereocenters.